The van der Waals surface area contributed by atoms with Gasteiger partial charge in [-0.3, -0.25) is 9.59 Å². The summed E-state index contributed by atoms with van der Waals surface area (Å²) in [4.78, 5) is 41.8. The van der Waals surface area contributed by atoms with Crippen LogP contribution in [0.3, 0.4) is 0 Å². The first-order valence-electron chi connectivity index (χ1n) is 12.3. The van der Waals surface area contributed by atoms with E-state index in [0.29, 0.717) is 22.8 Å². The van der Waals surface area contributed by atoms with Gasteiger partial charge >= 0.3 is 5.97 Å². The Morgan fingerprint density at radius 2 is 1.57 bits per heavy atom. The Bertz CT molecular complexity index is 1360. The molecule has 0 aliphatic carbocycles. The normalized spacial score (nSPS) is 13.4. The average Bonchev–Trinajstić information content (AvgIpc) is 3.11. The zero-order valence-electron chi connectivity index (χ0n) is 21.5. The van der Waals surface area contributed by atoms with Crippen LogP contribution in [-0.2, 0) is 14.3 Å². The van der Waals surface area contributed by atoms with Crippen LogP contribution in [-0.4, -0.2) is 24.4 Å². The Hall–Kier alpha value is -3.84. The first-order chi connectivity index (χ1) is 17.8. The summed E-state index contributed by atoms with van der Waals surface area (Å²) in [5.74, 6) is -1.29. The molecule has 0 atom stereocenters. The van der Waals surface area contributed by atoms with Gasteiger partial charge < -0.3 is 10.1 Å². The molecular formula is C30H30N2O4S. The van der Waals surface area contributed by atoms with E-state index >= 15 is 0 Å². The fraction of sp³-hybridized carbons (Fsp3) is 0.233. The molecule has 3 aromatic rings. The molecule has 0 saturated carbocycles. The van der Waals surface area contributed by atoms with Gasteiger partial charge in [-0.25, -0.2) is 9.69 Å². The second-order valence-corrected chi connectivity index (χ2v) is 10.1. The first kappa shape index (κ1) is 26.2. The second kappa shape index (κ2) is 11.5. The van der Waals surface area contributed by atoms with E-state index in [0.717, 1.165) is 45.0 Å². The molecule has 4 rings (SSSR count). The third-order valence-corrected chi connectivity index (χ3v) is 7.11. The molecule has 0 spiro atoms. The van der Waals surface area contributed by atoms with Gasteiger partial charge in [0.1, 0.15) is 10.6 Å². The molecule has 190 valence electrons. The number of amides is 2. The highest BCUT2D eigenvalue weighted by Crippen LogP contribution is 2.38. The minimum Gasteiger partial charge on any atom is -0.462 e. The van der Waals surface area contributed by atoms with Crippen LogP contribution in [0.1, 0.15) is 46.8 Å². The highest BCUT2D eigenvalue weighted by atomic mass is 32.2. The second-order valence-electron chi connectivity index (χ2n) is 9.04. The van der Waals surface area contributed by atoms with E-state index in [-0.39, 0.29) is 5.70 Å². The van der Waals surface area contributed by atoms with Crippen molar-refractivity contribution >= 4 is 40.9 Å². The van der Waals surface area contributed by atoms with Gasteiger partial charge in [-0.1, -0.05) is 60.5 Å². The van der Waals surface area contributed by atoms with Gasteiger partial charge in [0.25, 0.3) is 11.8 Å². The number of nitrogens with zero attached hydrogens (tertiary/aromatic N) is 1. The number of hydrogen-bond acceptors (Lipinski definition) is 6. The quantitative estimate of drug-likeness (QED) is 0.198. The molecule has 0 aromatic heterocycles. The van der Waals surface area contributed by atoms with Crippen LogP contribution in [0.2, 0.25) is 0 Å². The van der Waals surface area contributed by atoms with Gasteiger partial charge in [0.2, 0.25) is 0 Å². The van der Waals surface area contributed by atoms with Crippen LogP contribution in [0.15, 0.2) is 82.2 Å². The molecule has 0 saturated heterocycles. The van der Waals surface area contributed by atoms with Crippen molar-refractivity contribution in [2.24, 2.45) is 0 Å². The van der Waals surface area contributed by atoms with Crippen LogP contribution in [0.4, 0.5) is 11.4 Å². The average molecular weight is 515 g/mol. The lowest BCUT2D eigenvalue weighted by atomic mass is 10.1. The summed E-state index contributed by atoms with van der Waals surface area (Å²) >= 11 is 1.26. The molecule has 1 heterocycles. The van der Waals surface area contributed by atoms with Crippen molar-refractivity contribution in [2.75, 3.05) is 16.8 Å². The van der Waals surface area contributed by atoms with Crippen LogP contribution in [0.5, 0.6) is 0 Å². The summed E-state index contributed by atoms with van der Waals surface area (Å²) in [7, 11) is 0. The molecule has 6 nitrogen and oxygen atoms in total. The maximum atomic E-state index is 13.6. The summed E-state index contributed by atoms with van der Waals surface area (Å²) < 4.78 is 5.26. The molecule has 0 bridgehead atoms. The molecule has 0 fully saturated rings. The number of anilines is 2. The van der Waals surface area contributed by atoms with Gasteiger partial charge in [0.05, 0.1) is 17.9 Å². The van der Waals surface area contributed by atoms with Crippen molar-refractivity contribution in [3.8, 4) is 0 Å². The molecule has 0 radical (unpaired) electrons. The van der Waals surface area contributed by atoms with E-state index in [2.05, 4.69) is 5.32 Å². The molecule has 1 N–H and O–H groups in total. The van der Waals surface area contributed by atoms with Gasteiger partial charge in [-0.2, -0.15) is 0 Å². The minimum atomic E-state index is -0.446. The van der Waals surface area contributed by atoms with Crippen molar-refractivity contribution in [3.05, 3.63) is 99.6 Å². The smallest absolute Gasteiger partial charge is 0.338 e. The molecule has 37 heavy (non-hydrogen) atoms. The van der Waals surface area contributed by atoms with Crippen LogP contribution >= 0.6 is 11.8 Å². The van der Waals surface area contributed by atoms with Crippen LogP contribution < -0.4 is 10.2 Å². The molecule has 0 unspecified atom stereocenters. The maximum Gasteiger partial charge on any atom is 0.338 e. The fourth-order valence-corrected chi connectivity index (χ4v) is 4.83. The Morgan fingerprint density at radius 1 is 0.892 bits per heavy atom. The van der Waals surface area contributed by atoms with E-state index in [1.54, 1.807) is 24.3 Å². The topological polar surface area (TPSA) is 75.7 Å². The Labute approximate surface area is 221 Å². The number of carbonyl (C=O) groups is 3. The summed E-state index contributed by atoms with van der Waals surface area (Å²) in [5, 5.41) is 3.23. The third kappa shape index (κ3) is 5.94. The van der Waals surface area contributed by atoms with E-state index in [4.69, 9.17) is 4.74 Å². The van der Waals surface area contributed by atoms with Crippen LogP contribution in [0.25, 0.3) is 0 Å². The van der Waals surface area contributed by atoms with Crippen LogP contribution in [0, 0.1) is 20.8 Å². The van der Waals surface area contributed by atoms with E-state index in [1.807, 2.05) is 70.2 Å². The monoisotopic (exact) mass is 514 g/mol. The number of benzene rings is 3. The van der Waals surface area contributed by atoms with E-state index in [1.165, 1.54) is 11.8 Å². The molecule has 2 amide bonds. The number of ether oxygens (including phenoxy) is 1. The highest BCUT2D eigenvalue weighted by molar-refractivity contribution is 8.04. The molecular weight excluding hydrogens is 484 g/mol. The number of esters is 1. The Balaban J connectivity index is 1.64. The van der Waals surface area contributed by atoms with Gasteiger partial charge in [0, 0.05) is 10.6 Å². The van der Waals surface area contributed by atoms with Crippen molar-refractivity contribution in [3.63, 3.8) is 0 Å². The predicted octanol–water partition coefficient (Wildman–Crippen LogP) is 6.56. The number of aryl methyl sites for hydroxylation is 3. The zero-order chi connectivity index (χ0) is 26.5. The third-order valence-electron chi connectivity index (χ3n) is 6.02. The van der Waals surface area contributed by atoms with Crippen molar-refractivity contribution in [2.45, 2.75) is 45.4 Å². The Morgan fingerprint density at radius 3 is 2.22 bits per heavy atom. The lowest BCUT2D eigenvalue weighted by molar-refractivity contribution is -0.120. The standard InChI is InChI=1S/C30H30N2O4S/c1-5-6-17-36-30(35)22-10-12-23(13-11-22)32-28(33)26(31-25-16-9-20(3)18-21(25)4)27(29(32)34)37-24-14-7-19(2)8-15-24/h7-16,18,31H,5-6,17H2,1-4H3. The lowest BCUT2D eigenvalue weighted by Crippen LogP contribution is -2.32. The van der Waals surface area contributed by atoms with Crippen molar-refractivity contribution in [1.82, 2.24) is 0 Å². The zero-order valence-corrected chi connectivity index (χ0v) is 22.3. The molecule has 3 aromatic carbocycles. The Kier molecular flexibility index (Phi) is 8.14. The number of hydrogen-bond donors (Lipinski definition) is 1. The predicted molar refractivity (Wildman–Crippen MR) is 148 cm³/mol. The molecule has 1 aliphatic rings. The number of imide groups is 1. The number of unbranched alkanes of at least 4 members (excludes halogenated alkanes) is 1. The number of thioether (sulfide) groups is 1. The SMILES string of the molecule is CCCCOC(=O)c1ccc(N2C(=O)C(Nc3ccc(C)cc3C)=C(Sc3ccc(C)cc3)C2=O)cc1. The summed E-state index contributed by atoms with van der Waals surface area (Å²) in [6, 6.07) is 20.0. The summed E-state index contributed by atoms with van der Waals surface area (Å²) in [6.07, 6.45) is 1.73. The maximum absolute atomic E-state index is 13.6. The summed E-state index contributed by atoms with van der Waals surface area (Å²) in [6.45, 7) is 8.34. The number of rotatable bonds is 9. The molecule has 1 aliphatic heterocycles. The minimum absolute atomic E-state index is 0.227. The van der Waals surface area contributed by atoms with Gasteiger partial charge in [-0.05, 0) is 75.2 Å². The highest BCUT2D eigenvalue weighted by Gasteiger charge is 2.40. The lowest BCUT2D eigenvalue weighted by Gasteiger charge is -2.16. The van der Waals surface area contributed by atoms with Crippen molar-refractivity contribution in [1.29, 1.82) is 0 Å². The first-order valence-corrected chi connectivity index (χ1v) is 13.1. The number of nitrogens with one attached hydrogen (secondary N) is 1. The number of carbonyl (C=O) groups excluding carboxylic acids is 3. The largest absolute Gasteiger partial charge is 0.462 e. The van der Waals surface area contributed by atoms with Gasteiger partial charge in [0.15, 0.2) is 0 Å². The van der Waals surface area contributed by atoms with E-state index < -0.39 is 17.8 Å². The fourth-order valence-electron chi connectivity index (χ4n) is 3.90. The molecule has 7 heteroatoms. The van der Waals surface area contributed by atoms with Crippen molar-refractivity contribution < 1.29 is 19.1 Å². The van der Waals surface area contributed by atoms with E-state index in [9.17, 15) is 14.4 Å². The van der Waals surface area contributed by atoms with Gasteiger partial charge in [-0.15, -0.1) is 0 Å². The summed E-state index contributed by atoms with van der Waals surface area (Å²) in [5.41, 5.74) is 4.93.